The van der Waals surface area contributed by atoms with E-state index in [4.69, 9.17) is 0 Å². The summed E-state index contributed by atoms with van der Waals surface area (Å²) in [4.78, 5) is 15.5. The number of hydrogen-bond donors (Lipinski definition) is 1. The molecule has 0 atom stereocenters. The minimum atomic E-state index is -1.43. The van der Waals surface area contributed by atoms with Gasteiger partial charge in [0.1, 0.15) is 0 Å². The third-order valence-electron chi connectivity index (χ3n) is 3.87. The second-order valence-corrected chi connectivity index (χ2v) is 5.46. The molecule has 0 saturated carbocycles. The molecule has 2 aromatic heterocycles. The molecule has 0 unspecified atom stereocenters. The lowest BCUT2D eigenvalue weighted by molar-refractivity contribution is 0.0685. The van der Waals surface area contributed by atoms with Gasteiger partial charge in [-0.15, -0.1) is 0 Å². The molecule has 4 rings (SSSR count). The highest BCUT2D eigenvalue weighted by Crippen LogP contribution is 2.27. The largest absolute Gasteiger partial charge is 0.476 e. The van der Waals surface area contributed by atoms with Crippen LogP contribution in [-0.2, 0) is 0 Å². The van der Waals surface area contributed by atoms with Gasteiger partial charge in [-0.25, -0.2) is 18.7 Å². The summed E-state index contributed by atoms with van der Waals surface area (Å²) in [6, 6.07) is 20.4. The van der Waals surface area contributed by atoms with Crippen LogP contribution in [0.1, 0.15) is 10.5 Å². The van der Waals surface area contributed by atoms with Crippen molar-refractivity contribution in [3.63, 3.8) is 0 Å². The van der Waals surface area contributed by atoms with Crippen molar-refractivity contribution >= 4 is 11.6 Å². The Morgan fingerprint density at radius 3 is 2.16 bits per heavy atom. The molecule has 0 aliphatic heterocycles. The van der Waals surface area contributed by atoms with E-state index >= 15 is 0 Å². The smallest absolute Gasteiger partial charge is 0.359 e. The number of fused-ring (bicyclic) bond motifs is 1. The Labute approximate surface area is 142 Å². The Bertz CT molecular complexity index is 1080. The Balaban J connectivity index is 2.07. The first-order valence-electron chi connectivity index (χ1n) is 7.58. The van der Waals surface area contributed by atoms with Gasteiger partial charge in [-0.1, -0.05) is 60.7 Å². The van der Waals surface area contributed by atoms with Gasteiger partial charge in [0.05, 0.1) is 11.4 Å². The van der Waals surface area contributed by atoms with E-state index in [2.05, 4.69) is 10.1 Å². The van der Waals surface area contributed by atoms with Crippen LogP contribution in [0, 0.1) is 5.82 Å². The summed E-state index contributed by atoms with van der Waals surface area (Å²) in [7, 11) is 0. The van der Waals surface area contributed by atoms with Crippen molar-refractivity contribution in [1.29, 1.82) is 0 Å². The van der Waals surface area contributed by atoms with E-state index < -0.39 is 17.5 Å². The van der Waals surface area contributed by atoms with Crippen LogP contribution in [0.5, 0.6) is 0 Å². The Morgan fingerprint density at radius 1 is 0.960 bits per heavy atom. The van der Waals surface area contributed by atoms with Crippen molar-refractivity contribution in [2.75, 3.05) is 0 Å². The zero-order chi connectivity index (χ0) is 17.4. The zero-order valence-corrected chi connectivity index (χ0v) is 12.9. The topological polar surface area (TPSA) is 67.5 Å². The molecule has 0 spiro atoms. The number of rotatable bonds is 3. The summed E-state index contributed by atoms with van der Waals surface area (Å²) in [5, 5.41) is 13.1. The number of benzene rings is 2. The molecule has 0 aliphatic carbocycles. The highest BCUT2D eigenvalue weighted by molar-refractivity contribution is 5.88. The third-order valence-corrected chi connectivity index (χ3v) is 3.87. The fourth-order valence-electron chi connectivity index (χ4n) is 2.70. The summed E-state index contributed by atoms with van der Waals surface area (Å²) >= 11 is 0. The van der Waals surface area contributed by atoms with Crippen LogP contribution in [0.3, 0.4) is 0 Å². The molecule has 0 saturated heterocycles. The first-order chi connectivity index (χ1) is 12.1. The number of carboxylic acids is 1. The molecule has 0 bridgehead atoms. The maximum Gasteiger partial charge on any atom is 0.359 e. The van der Waals surface area contributed by atoms with Crippen LogP contribution in [0.2, 0.25) is 0 Å². The summed E-state index contributed by atoms with van der Waals surface area (Å²) in [5.41, 5.74) is 1.94. The highest BCUT2D eigenvalue weighted by Gasteiger charge is 2.22. The van der Waals surface area contributed by atoms with Crippen molar-refractivity contribution in [2.24, 2.45) is 0 Å². The molecule has 2 heterocycles. The van der Waals surface area contributed by atoms with Crippen LogP contribution in [0.4, 0.5) is 4.39 Å². The molecule has 122 valence electrons. The minimum absolute atomic E-state index is 0.113. The van der Waals surface area contributed by atoms with Gasteiger partial charge in [-0.2, -0.15) is 5.10 Å². The summed E-state index contributed by atoms with van der Waals surface area (Å²) in [6.45, 7) is 0. The monoisotopic (exact) mass is 333 g/mol. The maximum absolute atomic E-state index is 14.5. The molecule has 4 aromatic rings. The van der Waals surface area contributed by atoms with Gasteiger partial charge in [0, 0.05) is 11.1 Å². The molecule has 6 heteroatoms. The zero-order valence-electron chi connectivity index (χ0n) is 12.9. The van der Waals surface area contributed by atoms with E-state index in [1.165, 1.54) is 4.52 Å². The second kappa shape index (κ2) is 5.83. The predicted octanol–water partition coefficient (Wildman–Crippen LogP) is 3.90. The third kappa shape index (κ3) is 2.53. The molecular formula is C19H12FN3O2. The average Bonchev–Trinajstić information content (AvgIpc) is 2.99. The summed E-state index contributed by atoms with van der Waals surface area (Å²) < 4.78 is 15.8. The standard InChI is InChI=1S/C19H12FN3O2/c20-16-17(19(24)25)22-23-15(13-9-5-2-6-10-13)11-14(21-18(16)23)12-7-3-1-4-8-12/h1-11H,(H,24,25). The van der Waals surface area contributed by atoms with Crippen LogP contribution in [-0.4, -0.2) is 25.7 Å². The number of halogens is 1. The predicted molar refractivity (Wildman–Crippen MR) is 90.8 cm³/mol. The first-order valence-corrected chi connectivity index (χ1v) is 7.58. The summed E-state index contributed by atoms with van der Waals surface area (Å²) in [6.07, 6.45) is 0. The van der Waals surface area contributed by atoms with Gasteiger partial charge in [0.15, 0.2) is 5.65 Å². The molecule has 0 amide bonds. The number of carboxylic acid groups (broad SMARTS) is 1. The van der Waals surface area contributed by atoms with Crippen LogP contribution in [0.15, 0.2) is 66.7 Å². The van der Waals surface area contributed by atoms with Gasteiger partial charge in [-0.3, -0.25) is 0 Å². The van der Waals surface area contributed by atoms with Crippen LogP contribution < -0.4 is 0 Å². The van der Waals surface area contributed by atoms with E-state index in [1.807, 2.05) is 60.7 Å². The van der Waals surface area contributed by atoms with Crippen LogP contribution in [0.25, 0.3) is 28.2 Å². The van der Waals surface area contributed by atoms with E-state index in [1.54, 1.807) is 6.07 Å². The maximum atomic E-state index is 14.5. The molecule has 2 aromatic carbocycles. The van der Waals surface area contributed by atoms with Crippen molar-refractivity contribution in [3.05, 3.63) is 78.2 Å². The second-order valence-electron chi connectivity index (χ2n) is 5.46. The fourth-order valence-corrected chi connectivity index (χ4v) is 2.70. The lowest BCUT2D eigenvalue weighted by atomic mass is 10.1. The molecule has 0 fully saturated rings. The highest BCUT2D eigenvalue weighted by atomic mass is 19.1. The van der Waals surface area contributed by atoms with Crippen molar-refractivity contribution < 1.29 is 14.3 Å². The van der Waals surface area contributed by atoms with E-state index in [-0.39, 0.29) is 5.65 Å². The van der Waals surface area contributed by atoms with E-state index in [0.29, 0.717) is 11.4 Å². The number of hydrogen-bond acceptors (Lipinski definition) is 3. The number of aromatic nitrogens is 3. The minimum Gasteiger partial charge on any atom is -0.476 e. The first kappa shape index (κ1) is 15.0. The molecule has 0 radical (unpaired) electrons. The van der Waals surface area contributed by atoms with Gasteiger partial charge < -0.3 is 5.11 Å². The number of nitrogens with zero attached hydrogens (tertiary/aromatic N) is 3. The van der Waals surface area contributed by atoms with Crippen molar-refractivity contribution in [1.82, 2.24) is 14.6 Å². The Kier molecular flexibility index (Phi) is 3.50. The molecule has 1 N–H and O–H groups in total. The van der Waals surface area contributed by atoms with Gasteiger partial charge in [0.25, 0.3) is 0 Å². The SMILES string of the molecule is O=C(O)c1nn2c(-c3ccccc3)cc(-c3ccccc3)nc2c1F. The number of carbonyl (C=O) groups is 1. The van der Waals surface area contributed by atoms with Crippen LogP contribution >= 0.6 is 0 Å². The lowest BCUT2D eigenvalue weighted by Gasteiger charge is -2.08. The molecule has 0 aliphatic rings. The normalized spacial score (nSPS) is 10.9. The Hall–Kier alpha value is -3.54. The Morgan fingerprint density at radius 2 is 1.56 bits per heavy atom. The summed E-state index contributed by atoms with van der Waals surface area (Å²) in [5.74, 6) is -2.37. The lowest BCUT2D eigenvalue weighted by Crippen LogP contribution is -2.01. The quantitative estimate of drug-likeness (QED) is 0.617. The fraction of sp³-hybridized carbons (Fsp3) is 0. The van der Waals surface area contributed by atoms with Crippen molar-refractivity contribution in [2.45, 2.75) is 0 Å². The average molecular weight is 333 g/mol. The van der Waals surface area contributed by atoms with E-state index in [9.17, 15) is 14.3 Å². The number of aromatic carboxylic acids is 1. The molecule has 25 heavy (non-hydrogen) atoms. The molecule has 5 nitrogen and oxygen atoms in total. The van der Waals surface area contributed by atoms with E-state index in [0.717, 1.165) is 11.1 Å². The van der Waals surface area contributed by atoms with Gasteiger partial charge in [0.2, 0.25) is 11.5 Å². The molecular weight excluding hydrogens is 321 g/mol. The van der Waals surface area contributed by atoms with Crippen molar-refractivity contribution in [3.8, 4) is 22.5 Å². The van der Waals surface area contributed by atoms with Gasteiger partial charge in [-0.05, 0) is 6.07 Å². The van der Waals surface area contributed by atoms with Gasteiger partial charge >= 0.3 is 5.97 Å².